The molecule has 4 fully saturated rings. The second kappa shape index (κ2) is 7.80. The van der Waals surface area contributed by atoms with Crippen LogP contribution in [-0.4, -0.2) is 45.2 Å². The van der Waals surface area contributed by atoms with Crippen molar-refractivity contribution in [3.05, 3.63) is 11.6 Å². The molecule has 0 spiro atoms. The van der Waals surface area contributed by atoms with Crippen molar-refractivity contribution in [2.45, 2.75) is 105 Å². The first-order valence-corrected chi connectivity index (χ1v) is 14.1. The number of fused-ring (bicyclic) bond motifs is 7. The van der Waals surface area contributed by atoms with E-state index in [1.807, 2.05) is 6.92 Å². The lowest BCUT2D eigenvalue weighted by Gasteiger charge is -2.71. The number of hydrogen-bond acceptors (Lipinski definition) is 4. The summed E-state index contributed by atoms with van der Waals surface area (Å²) in [5.41, 5.74) is -0.214. The predicted octanol–water partition coefficient (Wildman–Crippen LogP) is 5.03. The predicted molar refractivity (Wildman–Crippen MR) is 135 cm³/mol. The average Bonchev–Trinajstić information content (AvgIpc) is 2.80. The number of hydrogen-bond donors (Lipinski definition) is 4. The normalized spacial score (nSPS) is 57.7. The van der Waals surface area contributed by atoms with Gasteiger partial charge in [-0.05, 0) is 97.2 Å². The fraction of sp³-hybridized carbons (Fsp3) is 0.900. The summed E-state index contributed by atoms with van der Waals surface area (Å²) in [6.07, 6.45) is 7.51. The molecule has 5 heteroatoms. The highest BCUT2D eigenvalue weighted by atomic mass is 16.4. The highest BCUT2D eigenvalue weighted by molar-refractivity contribution is 5.76. The smallest absolute Gasteiger partial charge is 0.310 e. The maximum absolute atomic E-state index is 12.8. The fourth-order valence-corrected chi connectivity index (χ4v) is 11.0. The molecular weight excluding hydrogens is 440 g/mol. The third kappa shape index (κ3) is 2.95. The number of aliphatic hydroxyl groups excluding tert-OH is 3. The van der Waals surface area contributed by atoms with Crippen LogP contribution in [0.2, 0.25) is 0 Å². The topological polar surface area (TPSA) is 98.0 Å². The largest absolute Gasteiger partial charge is 0.481 e. The third-order valence-corrected chi connectivity index (χ3v) is 13.5. The van der Waals surface area contributed by atoms with Gasteiger partial charge in [-0.1, -0.05) is 53.2 Å². The van der Waals surface area contributed by atoms with Gasteiger partial charge in [0.1, 0.15) is 0 Å². The summed E-state index contributed by atoms with van der Waals surface area (Å²) in [7, 11) is 0. The van der Waals surface area contributed by atoms with Crippen LogP contribution in [0.1, 0.15) is 92.9 Å². The maximum atomic E-state index is 12.8. The van der Waals surface area contributed by atoms with E-state index in [-0.39, 0.29) is 34.7 Å². The molecule has 12 atom stereocenters. The molecule has 4 saturated carbocycles. The number of aliphatic carboxylic acids is 1. The van der Waals surface area contributed by atoms with E-state index < -0.39 is 29.0 Å². The van der Waals surface area contributed by atoms with Crippen LogP contribution in [0.3, 0.4) is 0 Å². The number of aliphatic hydroxyl groups is 3. The van der Waals surface area contributed by atoms with E-state index in [0.717, 1.165) is 44.9 Å². The molecule has 0 saturated heterocycles. The Morgan fingerprint density at radius 2 is 1.69 bits per heavy atom. The van der Waals surface area contributed by atoms with Gasteiger partial charge in [-0.2, -0.15) is 0 Å². The van der Waals surface area contributed by atoms with Crippen LogP contribution in [0.4, 0.5) is 0 Å². The van der Waals surface area contributed by atoms with Crippen LogP contribution >= 0.6 is 0 Å². The van der Waals surface area contributed by atoms with E-state index in [9.17, 15) is 25.2 Å². The summed E-state index contributed by atoms with van der Waals surface area (Å²) in [6.45, 7) is 13.6. The first-order chi connectivity index (χ1) is 16.2. The van der Waals surface area contributed by atoms with Gasteiger partial charge in [0.2, 0.25) is 0 Å². The molecule has 0 radical (unpaired) electrons. The SMILES string of the molecule is C[C@H]1[C@H](C)CC[C@]2(C(=O)O)CC[C@]3(C)C(=CC[C@@H]4[C@@]5(C)C[C@@H](O)[C@@H](O)C(C)(CO)C5CC[C@]43C)[C@H]12. The van der Waals surface area contributed by atoms with Gasteiger partial charge in [0.05, 0.1) is 24.2 Å². The minimum absolute atomic E-state index is 0.00815. The Balaban J connectivity index is 1.62. The quantitative estimate of drug-likeness (QED) is 0.409. The zero-order valence-corrected chi connectivity index (χ0v) is 22.7. The van der Waals surface area contributed by atoms with Crippen molar-refractivity contribution in [3.8, 4) is 0 Å². The Kier molecular flexibility index (Phi) is 5.73. The average molecular weight is 489 g/mol. The van der Waals surface area contributed by atoms with Gasteiger partial charge in [0.25, 0.3) is 0 Å². The van der Waals surface area contributed by atoms with Crippen molar-refractivity contribution in [2.75, 3.05) is 6.61 Å². The van der Waals surface area contributed by atoms with Crippen molar-refractivity contribution >= 4 is 5.97 Å². The van der Waals surface area contributed by atoms with Crippen LogP contribution in [0, 0.1) is 56.7 Å². The van der Waals surface area contributed by atoms with Crippen LogP contribution in [0.15, 0.2) is 11.6 Å². The van der Waals surface area contributed by atoms with E-state index in [4.69, 9.17) is 0 Å². The monoisotopic (exact) mass is 488 g/mol. The van der Waals surface area contributed by atoms with Crippen LogP contribution in [0.25, 0.3) is 0 Å². The van der Waals surface area contributed by atoms with Crippen LogP contribution < -0.4 is 0 Å². The van der Waals surface area contributed by atoms with Crippen molar-refractivity contribution in [2.24, 2.45) is 56.7 Å². The molecule has 35 heavy (non-hydrogen) atoms. The molecular formula is C30H48O5. The van der Waals surface area contributed by atoms with Gasteiger partial charge in [-0.3, -0.25) is 4.79 Å². The Labute approximate surface area is 211 Å². The highest BCUT2D eigenvalue weighted by Crippen LogP contribution is 2.75. The number of carboxylic acids is 1. The van der Waals surface area contributed by atoms with Gasteiger partial charge < -0.3 is 20.4 Å². The lowest BCUT2D eigenvalue weighted by Crippen LogP contribution is -2.68. The number of allylic oxidation sites excluding steroid dienone is 2. The summed E-state index contributed by atoms with van der Waals surface area (Å²) < 4.78 is 0. The minimum atomic E-state index is -0.907. The summed E-state index contributed by atoms with van der Waals surface area (Å²) in [5, 5.41) is 42.9. The molecule has 0 aromatic carbocycles. The number of carboxylic acid groups (broad SMARTS) is 1. The fourth-order valence-electron chi connectivity index (χ4n) is 11.0. The van der Waals surface area contributed by atoms with Crippen molar-refractivity contribution < 1.29 is 25.2 Å². The van der Waals surface area contributed by atoms with Gasteiger partial charge >= 0.3 is 5.97 Å². The Bertz CT molecular complexity index is 930. The second-order valence-electron chi connectivity index (χ2n) is 14.5. The molecule has 4 N–H and O–H groups in total. The van der Waals surface area contributed by atoms with Crippen molar-refractivity contribution in [1.29, 1.82) is 0 Å². The number of carbonyl (C=O) groups is 1. The zero-order chi connectivity index (χ0) is 25.8. The van der Waals surface area contributed by atoms with E-state index in [2.05, 4.69) is 40.7 Å². The molecule has 0 bridgehead atoms. The lowest BCUT2D eigenvalue weighted by molar-refractivity contribution is -0.244. The molecule has 5 aliphatic carbocycles. The zero-order valence-electron chi connectivity index (χ0n) is 22.7. The third-order valence-electron chi connectivity index (χ3n) is 13.5. The molecule has 198 valence electrons. The van der Waals surface area contributed by atoms with Crippen molar-refractivity contribution in [1.82, 2.24) is 0 Å². The van der Waals surface area contributed by atoms with E-state index in [0.29, 0.717) is 24.2 Å². The van der Waals surface area contributed by atoms with Gasteiger partial charge in [-0.15, -0.1) is 0 Å². The van der Waals surface area contributed by atoms with Crippen LogP contribution in [0.5, 0.6) is 0 Å². The summed E-state index contributed by atoms with van der Waals surface area (Å²) >= 11 is 0. The molecule has 5 aliphatic rings. The standard InChI is InChI=1S/C30H48O5/c1-17-9-12-30(25(34)35)14-13-28(5)19(23(30)18(17)2)7-8-22-26(3)15-20(32)24(33)27(4,16-31)21(26)10-11-29(22,28)6/h7,17-18,20-24,31-33H,8-16H2,1-6H3,(H,34,35)/t17-,18+,20-,21?,22-,23+,24-,26+,27?,28-,29-,30+/m1/s1. The first kappa shape index (κ1) is 25.7. The van der Waals surface area contributed by atoms with Crippen molar-refractivity contribution in [3.63, 3.8) is 0 Å². The summed E-state index contributed by atoms with van der Waals surface area (Å²) in [4.78, 5) is 12.8. The Morgan fingerprint density at radius 1 is 1.00 bits per heavy atom. The van der Waals surface area contributed by atoms with E-state index in [1.165, 1.54) is 5.57 Å². The molecule has 0 aromatic heterocycles. The summed E-state index contributed by atoms with van der Waals surface area (Å²) in [5.74, 6) is 0.828. The molecule has 2 unspecified atom stereocenters. The molecule has 0 aromatic rings. The first-order valence-electron chi connectivity index (χ1n) is 14.1. The molecule has 0 amide bonds. The Hall–Kier alpha value is -0.910. The summed E-state index contributed by atoms with van der Waals surface area (Å²) in [6, 6.07) is 0. The molecule has 5 rings (SSSR count). The Morgan fingerprint density at radius 3 is 2.31 bits per heavy atom. The maximum Gasteiger partial charge on any atom is 0.310 e. The number of rotatable bonds is 2. The molecule has 0 aliphatic heterocycles. The van der Waals surface area contributed by atoms with E-state index in [1.54, 1.807) is 0 Å². The minimum Gasteiger partial charge on any atom is -0.481 e. The van der Waals surface area contributed by atoms with Gasteiger partial charge in [-0.25, -0.2) is 0 Å². The second-order valence-corrected chi connectivity index (χ2v) is 14.5. The van der Waals surface area contributed by atoms with Gasteiger partial charge in [0.15, 0.2) is 0 Å². The molecule has 5 nitrogen and oxygen atoms in total. The highest BCUT2D eigenvalue weighted by Gasteiger charge is 2.70. The molecule has 0 heterocycles. The lowest BCUT2D eigenvalue weighted by atomic mass is 9.33. The van der Waals surface area contributed by atoms with Gasteiger partial charge in [0, 0.05) is 5.41 Å². The van der Waals surface area contributed by atoms with E-state index >= 15 is 0 Å². The van der Waals surface area contributed by atoms with Crippen LogP contribution in [-0.2, 0) is 4.79 Å².